The third-order valence-electron chi connectivity index (χ3n) is 6.87. The van der Waals surface area contributed by atoms with Crippen molar-refractivity contribution in [1.82, 2.24) is 9.21 Å². The van der Waals surface area contributed by atoms with Gasteiger partial charge in [0.25, 0.3) is 0 Å². The summed E-state index contributed by atoms with van der Waals surface area (Å²) in [5, 5.41) is 9.13. The van der Waals surface area contributed by atoms with Gasteiger partial charge in [-0.05, 0) is 93.6 Å². The van der Waals surface area contributed by atoms with E-state index in [0.29, 0.717) is 12.6 Å². The summed E-state index contributed by atoms with van der Waals surface area (Å²) in [5.41, 5.74) is 1.32. The van der Waals surface area contributed by atoms with Crippen LogP contribution >= 0.6 is 0 Å². The van der Waals surface area contributed by atoms with E-state index in [0.717, 1.165) is 44.5 Å². The summed E-state index contributed by atoms with van der Waals surface area (Å²) >= 11 is 0. The quantitative estimate of drug-likeness (QED) is 0.705. The van der Waals surface area contributed by atoms with Gasteiger partial charge < -0.3 is 14.7 Å². The van der Waals surface area contributed by atoms with E-state index in [2.05, 4.69) is 17.0 Å². The molecule has 1 N–H and O–H groups in total. The number of carboxylic acids is 1. The van der Waals surface area contributed by atoms with Crippen LogP contribution in [0.2, 0.25) is 0 Å². The lowest BCUT2D eigenvalue weighted by Crippen LogP contribution is -2.40. The number of benzene rings is 2. The highest BCUT2D eigenvalue weighted by molar-refractivity contribution is 7.89. The summed E-state index contributed by atoms with van der Waals surface area (Å²) < 4.78 is 34.2. The van der Waals surface area contributed by atoms with Crippen molar-refractivity contribution in [3.8, 4) is 5.75 Å². The van der Waals surface area contributed by atoms with E-state index in [4.69, 9.17) is 9.84 Å². The van der Waals surface area contributed by atoms with E-state index in [1.165, 1.54) is 53.4 Å². The van der Waals surface area contributed by atoms with Crippen molar-refractivity contribution in [2.45, 2.75) is 55.9 Å². The zero-order valence-electron chi connectivity index (χ0n) is 19.6. The van der Waals surface area contributed by atoms with Crippen LogP contribution in [0.15, 0.2) is 53.4 Å². The van der Waals surface area contributed by atoms with Crippen LogP contribution in [0.4, 0.5) is 0 Å². The van der Waals surface area contributed by atoms with Gasteiger partial charge in [0.2, 0.25) is 10.0 Å². The van der Waals surface area contributed by atoms with E-state index in [1.54, 1.807) is 0 Å². The van der Waals surface area contributed by atoms with Crippen LogP contribution < -0.4 is 4.74 Å². The molecule has 1 unspecified atom stereocenters. The molecule has 7 nitrogen and oxygen atoms in total. The van der Waals surface area contributed by atoms with E-state index in [1.807, 2.05) is 12.1 Å². The minimum Gasteiger partial charge on any atom is -0.492 e. The number of fused-ring (bicyclic) bond motifs is 3. The molecule has 0 radical (unpaired) electrons. The maximum Gasteiger partial charge on any atom is 0.335 e. The Balaban J connectivity index is 1.53. The molecule has 0 amide bonds. The van der Waals surface area contributed by atoms with E-state index < -0.39 is 16.0 Å². The summed E-state index contributed by atoms with van der Waals surface area (Å²) in [7, 11) is -3.76. The normalized spacial score (nSPS) is 21.5. The summed E-state index contributed by atoms with van der Waals surface area (Å²) in [6, 6.07) is 14.1. The predicted molar refractivity (Wildman–Crippen MR) is 131 cm³/mol. The van der Waals surface area contributed by atoms with Crippen LogP contribution in [-0.4, -0.2) is 67.5 Å². The molecule has 34 heavy (non-hydrogen) atoms. The van der Waals surface area contributed by atoms with Gasteiger partial charge >= 0.3 is 5.97 Å². The van der Waals surface area contributed by atoms with E-state index in [-0.39, 0.29) is 23.6 Å². The lowest BCUT2D eigenvalue weighted by atomic mass is 9.95. The molecule has 1 fully saturated rings. The lowest BCUT2D eigenvalue weighted by Gasteiger charge is -2.36. The first-order chi connectivity index (χ1) is 16.4. The van der Waals surface area contributed by atoms with Crippen molar-refractivity contribution in [1.29, 1.82) is 0 Å². The molecule has 0 aliphatic carbocycles. The molecule has 0 aromatic heterocycles. The molecule has 2 aliphatic rings. The molecule has 184 valence electrons. The number of sulfonamides is 1. The molecule has 1 atom stereocenters. The number of hydrogen-bond donors (Lipinski definition) is 1. The molecule has 2 bridgehead atoms. The second-order valence-corrected chi connectivity index (χ2v) is 11.1. The first kappa shape index (κ1) is 24.7. The molecule has 2 heterocycles. The lowest BCUT2D eigenvalue weighted by molar-refractivity contribution is 0.0696. The highest BCUT2D eigenvalue weighted by Gasteiger charge is 2.26. The number of carbonyl (C=O) groups is 1. The largest absolute Gasteiger partial charge is 0.492 e. The van der Waals surface area contributed by atoms with Crippen molar-refractivity contribution in [2.24, 2.45) is 0 Å². The topological polar surface area (TPSA) is 87.1 Å². The Kier molecular flexibility index (Phi) is 8.24. The molecule has 2 aromatic carbocycles. The third kappa shape index (κ3) is 6.17. The maximum absolute atomic E-state index is 13.4. The monoisotopic (exact) mass is 486 g/mol. The van der Waals surface area contributed by atoms with Crippen LogP contribution in [0.25, 0.3) is 0 Å². The van der Waals surface area contributed by atoms with E-state index in [9.17, 15) is 13.2 Å². The summed E-state index contributed by atoms with van der Waals surface area (Å²) in [4.78, 5) is 13.8. The van der Waals surface area contributed by atoms with Gasteiger partial charge in [0.1, 0.15) is 12.4 Å². The Hall–Kier alpha value is -2.42. The fourth-order valence-corrected chi connectivity index (χ4v) is 6.41. The van der Waals surface area contributed by atoms with Gasteiger partial charge in [-0.15, -0.1) is 0 Å². The van der Waals surface area contributed by atoms with Crippen molar-refractivity contribution in [2.75, 3.05) is 32.8 Å². The van der Waals surface area contributed by atoms with Gasteiger partial charge in [0.05, 0.1) is 10.5 Å². The van der Waals surface area contributed by atoms with Crippen LogP contribution in [0.3, 0.4) is 0 Å². The number of ether oxygens (including phenoxy) is 1. The third-order valence-corrected chi connectivity index (χ3v) is 8.78. The predicted octanol–water partition coefficient (Wildman–Crippen LogP) is 4.04. The smallest absolute Gasteiger partial charge is 0.335 e. The summed E-state index contributed by atoms with van der Waals surface area (Å²) in [6.07, 6.45) is 7.59. The molecule has 1 saturated heterocycles. The van der Waals surface area contributed by atoms with Gasteiger partial charge in [0.15, 0.2) is 0 Å². The number of carboxylic acid groups (broad SMARTS) is 1. The molecule has 0 saturated carbocycles. The molecule has 8 heteroatoms. The van der Waals surface area contributed by atoms with Crippen LogP contribution in [0.1, 0.15) is 54.4 Å². The minimum absolute atomic E-state index is 0.0651. The van der Waals surface area contributed by atoms with Crippen molar-refractivity contribution >= 4 is 16.0 Å². The van der Waals surface area contributed by atoms with Crippen molar-refractivity contribution < 1.29 is 23.1 Å². The average Bonchev–Trinajstić information content (AvgIpc) is 2.85. The highest BCUT2D eigenvalue weighted by Crippen LogP contribution is 2.24. The summed E-state index contributed by atoms with van der Waals surface area (Å²) in [6.45, 7) is 3.00. The SMILES string of the molecule is O=C(O)c1ccc(S(=O)(=O)N2CCCCN3CCCCC3CCc3cccc(c3)OCC2)cc1. The van der Waals surface area contributed by atoms with Crippen molar-refractivity contribution in [3.63, 3.8) is 0 Å². The Morgan fingerprint density at radius 2 is 1.65 bits per heavy atom. The van der Waals surface area contributed by atoms with Crippen LogP contribution in [0.5, 0.6) is 5.75 Å². The fourth-order valence-electron chi connectivity index (χ4n) is 4.94. The number of piperidine rings is 1. The molecule has 4 rings (SSSR count). The zero-order valence-corrected chi connectivity index (χ0v) is 20.4. The van der Waals surface area contributed by atoms with Gasteiger partial charge in [-0.3, -0.25) is 0 Å². The molecule has 2 aromatic rings. The standard InChI is InChI=1S/C26H34N2O5S/c29-26(30)22-10-13-25(14-11-22)34(31,32)28-17-4-3-16-27-15-2-1-7-23(27)12-9-21-6-5-8-24(20-21)33-19-18-28/h5-6,8,10-11,13-14,20,23H,1-4,7,9,12,15-19H2,(H,29,30). The number of aryl methyl sites for hydroxylation is 1. The number of rotatable bonds is 3. The Labute approximate surface area is 202 Å². The first-order valence-corrected chi connectivity index (χ1v) is 13.7. The average molecular weight is 487 g/mol. The number of hydrogen-bond acceptors (Lipinski definition) is 5. The van der Waals surface area contributed by atoms with Gasteiger partial charge in [-0.25, -0.2) is 13.2 Å². The molecule has 2 aliphatic heterocycles. The van der Waals surface area contributed by atoms with Crippen molar-refractivity contribution in [3.05, 3.63) is 59.7 Å². The van der Waals surface area contributed by atoms with Crippen LogP contribution in [0, 0.1) is 0 Å². The zero-order chi connectivity index (χ0) is 24.0. The molecular formula is C26H34N2O5S. The Bertz CT molecular complexity index is 1070. The first-order valence-electron chi connectivity index (χ1n) is 12.2. The highest BCUT2D eigenvalue weighted by atomic mass is 32.2. The number of aromatic carboxylic acids is 1. The number of nitrogens with zero attached hydrogens (tertiary/aromatic N) is 2. The van der Waals surface area contributed by atoms with Gasteiger partial charge in [-0.2, -0.15) is 4.31 Å². The Morgan fingerprint density at radius 1 is 0.912 bits per heavy atom. The maximum atomic E-state index is 13.4. The van der Waals surface area contributed by atoms with Crippen LogP contribution in [-0.2, 0) is 16.4 Å². The second kappa shape index (κ2) is 11.3. The Morgan fingerprint density at radius 3 is 2.41 bits per heavy atom. The second-order valence-electron chi connectivity index (χ2n) is 9.16. The molecular weight excluding hydrogens is 452 g/mol. The fraction of sp³-hybridized carbons (Fsp3) is 0.500. The molecule has 0 spiro atoms. The minimum atomic E-state index is -3.76. The van der Waals surface area contributed by atoms with Gasteiger partial charge in [0, 0.05) is 19.1 Å². The van der Waals surface area contributed by atoms with Gasteiger partial charge in [-0.1, -0.05) is 18.6 Å². The summed E-state index contributed by atoms with van der Waals surface area (Å²) in [5.74, 6) is -0.319. The van der Waals surface area contributed by atoms with E-state index >= 15 is 0 Å².